The summed E-state index contributed by atoms with van der Waals surface area (Å²) >= 11 is 5.16. The molecule has 1 fully saturated rings. The molecule has 0 radical (unpaired) electrons. The Kier molecular flexibility index (Phi) is 3.77. The molecule has 3 nitrogen and oxygen atoms in total. The van der Waals surface area contributed by atoms with E-state index in [0.29, 0.717) is 0 Å². The highest BCUT2D eigenvalue weighted by molar-refractivity contribution is 9.10. The van der Waals surface area contributed by atoms with E-state index in [1.165, 1.54) is 0 Å². The van der Waals surface area contributed by atoms with Crippen LogP contribution in [0.3, 0.4) is 0 Å². The zero-order chi connectivity index (χ0) is 15.3. The fourth-order valence-electron chi connectivity index (χ4n) is 2.23. The van der Waals surface area contributed by atoms with E-state index in [1.54, 1.807) is 11.3 Å². The van der Waals surface area contributed by atoms with Crippen LogP contribution in [0.25, 0.3) is 11.3 Å². The van der Waals surface area contributed by atoms with Gasteiger partial charge in [-0.2, -0.15) is 0 Å². The molecule has 0 N–H and O–H groups in total. The summed E-state index contributed by atoms with van der Waals surface area (Å²) in [6.07, 6.45) is 0. The summed E-state index contributed by atoms with van der Waals surface area (Å²) in [4.78, 5) is 4.37. The number of halogens is 1. The molecule has 110 valence electrons. The first kappa shape index (κ1) is 15.2. The minimum absolute atomic E-state index is 0.333. The van der Waals surface area contributed by atoms with Crippen LogP contribution >= 0.6 is 27.3 Å². The Morgan fingerprint density at radius 2 is 1.76 bits per heavy atom. The number of aromatic nitrogens is 1. The lowest BCUT2D eigenvalue weighted by atomic mass is 9.78. The van der Waals surface area contributed by atoms with Crippen molar-refractivity contribution in [2.75, 3.05) is 0 Å². The number of rotatable bonds is 2. The maximum atomic E-state index is 6.12. The molecule has 0 unspecified atom stereocenters. The van der Waals surface area contributed by atoms with Crippen LogP contribution in [0.15, 0.2) is 33.6 Å². The first-order chi connectivity index (χ1) is 9.78. The molecule has 1 aliphatic rings. The van der Waals surface area contributed by atoms with Crippen LogP contribution in [0.5, 0.6) is 0 Å². The first-order valence-corrected chi connectivity index (χ1v) is 8.57. The van der Waals surface area contributed by atoms with Gasteiger partial charge in [0.25, 0.3) is 0 Å². The van der Waals surface area contributed by atoms with Crippen LogP contribution in [0.2, 0.25) is 0 Å². The Balaban J connectivity index is 1.97. The average Bonchev–Trinajstić information content (AvgIpc) is 2.96. The predicted octanol–water partition coefficient (Wildman–Crippen LogP) is 3.87. The van der Waals surface area contributed by atoms with Crippen LogP contribution in [0, 0.1) is 0 Å². The standard InChI is InChI=1S/C15H17BBrNO2S/c1-14(2)15(3,4)20-16(19-14)11-5-10(6-12(17)7-11)13-8-21-9-18-13/h5-9H,1-4H3. The Morgan fingerprint density at radius 1 is 1.10 bits per heavy atom. The van der Waals surface area contributed by atoms with Crippen molar-refractivity contribution in [1.29, 1.82) is 0 Å². The molecule has 21 heavy (non-hydrogen) atoms. The highest BCUT2D eigenvalue weighted by Gasteiger charge is 2.51. The second-order valence-corrected chi connectivity index (χ2v) is 7.87. The molecule has 0 aliphatic carbocycles. The molecular weight excluding hydrogens is 349 g/mol. The van der Waals surface area contributed by atoms with Crippen LogP contribution in [-0.2, 0) is 9.31 Å². The largest absolute Gasteiger partial charge is 0.494 e. The maximum Gasteiger partial charge on any atom is 0.494 e. The molecule has 0 spiro atoms. The van der Waals surface area contributed by atoms with E-state index in [9.17, 15) is 0 Å². The number of hydrogen-bond donors (Lipinski definition) is 0. The highest BCUT2D eigenvalue weighted by atomic mass is 79.9. The zero-order valence-corrected chi connectivity index (χ0v) is 14.9. The molecule has 2 aromatic rings. The van der Waals surface area contributed by atoms with Gasteiger partial charge in [0.1, 0.15) is 0 Å². The summed E-state index contributed by atoms with van der Waals surface area (Å²) in [5, 5.41) is 2.04. The fraction of sp³-hybridized carbons (Fsp3) is 0.400. The Hall–Kier alpha value is -0.685. The predicted molar refractivity (Wildman–Crippen MR) is 91.0 cm³/mol. The van der Waals surface area contributed by atoms with Gasteiger partial charge in [0.2, 0.25) is 0 Å². The van der Waals surface area contributed by atoms with Crippen LogP contribution in [0.1, 0.15) is 27.7 Å². The average molecular weight is 366 g/mol. The lowest BCUT2D eigenvalue weighted by Crippen LogP contribution is -2.41. The third kappa shape index (κ3) is 2.82. The van der Waals surface area contributed by atoms with E-state index in [1.807, 2.05) is 17.0 Å². The lowest BCUT2D eigenvalue weighted by Gasteiger charge is -2.32. The minimum atomic E-state index is -0.357. The summed E-state index contributed by atoms with van der Waals surface area (Å²) in [6.45, 7) is 8.25. The zero-order valence-electron chi connectivity index (χ0n) is 12.5. The van der Waals surface area contributed by atoms with E-state index in [0.717, 1.165) is 21.2 Å². The van der Waals surface area contributed by atoms with Crippen molar-refractivity contribution >= 4 is 39.8 Å². The summed E-state index contributed by atoms with van der Waals surface area (Å²) in [7, 11) is -0.357. The van der Waals surface area contributed by atoms with Crippen LogP contribution < -0.4 is 5.46 Å². The van der Waals surface area contributed by atoms with E-state index < -0.39 is 0 Å². The molecular formula is C15H17BBrNO2S. The molecule has 1 aromatic carbocycles. The van der Waals surface area contributed by atoms with Gasteiger partial charge in [-0.25, -0.2) is 4.98 Å². The molecule has 0 saturated carbocycles. The monoisotopic (exact) mass is 365 g/mol. The van der Waals surface area contributed by atoms with Gasteiger partial charge in [-0.3, -0.25) is 0 Å². The van der Waals surface area contributed by atoms with E-state index in [4.69, 9.17) is 9.31 Å². The van der Waals surface area contributed by atoms with Gasteiger partial charge in [0, 0.05) is 15.4 Å². The maximum absolute atomic E-state index is 6.12. The molecule has 6 heteroatoms. The third-order valence-electron chi connectivity index (χ3n) is 4.17. The normalized spacial score (nSPS) is 20.0. The van der Waals surface area contributed by atoms with Crippen molar-refractivity contribution in [2.24, 2.45) is 0 Å². The minimum Gasteiger partial charge on any atom is -0.399 e. The van der Waals surface area contributed by atoms with Gasteiger partial charge >= 0.3 is 7.12 Å². The Labute approximate surface area is 138 Å². The number of thiazole rings is 1. The van der Waals surface area contributed by atoms with Gasteiger partial charge in [-0.05, 0) is 45.3 Å². The molecule has 1 saturated heterocycles. The molecule has 3 rings (SSSR count). The lowest BCUT2D eigenvalue weighted by molar-refractivity contribution is 0.00578. The van der Waals surface area contributed by atoms with Crippen molar-refractivity contribution < 1.29 is 9.31 Å². The second-order valence-electron chi connectivity index (χ2n) is 6.24. The van der Waals surface area contributed by atoms with Gasteiger partial charge in [-0.15, -0.1) is 11.3 Å². The van der Waals surface area contributed by atoms with Gasteiger partial charge in [0.15, 0.2) is 0 Å². The van der Waals surface area contributed by atoms with E-state index in [-0.39, 0.29) is 18.3 Å². The van der Waals surface area contributed by atoms with Crippen molar-refractivity contribution in [3.63, 3.8) is 0 Å². The Morgan fingerprint density at radius 3 is 2.33 bits per heavy atom. The summed E-state index contributed by atoms with van der Waals surface area (Å²) < 4.78 is 13.2. The number of nitrogens with zero attached hydrogens (tertiary/aromatic N) is 1. The molecule has 0 bridgehead atoms. The second kappa shape index (κ2) is 5.20. The highest BCUT2D eigenvalue weighted by Crippen LogP contribution is 2.37. The molecule has 0 amide bonds. The van der Waals surface area contributed by atoms with Gasteiger partial charge in [-0.1, -0.05) is 22.0 Å². The fourth-order valence-corrected chi connectivity index (χ4v) is 3.30. The number of hydrogen-bond acceptors (Lipinski definition) is 4. The van der Waals surface area contributed by atoms with Crippen molar-refractivity contribution in [3.8, 4) is 11.3 Å². The molecule has 1 aliphatic heterocycles. The molecule has 0 atom stereocenters. The number of benzene rings is 1. The summed E-state index contributed by atoms with van der Waals surface area (Å²) in [5.41, 5.74) is 4.21. The summed E-state index contributed by atoms with van der Waals surface area (Å²) in [6, 6.07) is 6.18. The van der Waals surface area contributed by atoms with Crippen molar-refractivity contribution in [3.05, 3.63) is 33.6 Å². The third-order valence-corrected chi connectivity index (χ3v) is 5.22. The summed E-state index contributed by atoms with van der Waals surface area (Å²) in [5.74, 6) is 0. The smallest absolute Gasteiger partial charge is 0.399 e. The Bertz CT molecular complexity index is 642. The van der Waals surface area contributed by atoms with Crippen LogP contribution in [0.4, 0.5) is 0 Å². The molecule has 1 aromatic heterocycles. The topological polar surface area (TPSA) is 31.4 Å². The van der Waals surface area contributed by atoms with E-state index in [2.05, 4.69) is 60.7 Å². The van der Waals surface area contributed by atoms with Crippen LogP contribution in [-0.4, -0.2) is 23.3 Å². The quantitative estimate of drug-likeness (QED) is 0.757. The van der Waals surface area contributed by atoms with Crippen molar-refractivity contribution in [1.82, 2.24) is 4.98 Å². The first-order valence-electron chi connectivity index (χ1n) is 6.83. The van der Waals surface area contributed by atoms with Crippen molar-refractivity contribution in [2.45, 2.75) is 38.9 Å². The van der Waals surface area contributed by atoms with E-state index >= 15 is 0 Å². The van der Waals surface area contributed by atoms with Gasteiger partial charge in [0.05, 0.1) is 22.4 Å². The van der Waals surface area contributed by atoms with Gasteiger partial charge < -0.3 is 9.31 Å². The molecule has 2 heterocycles. The SMILES string of the molecule is CC1(C)OB(c2cc(Br)cc(-c3cscn3)c2)OC1(C)C.